The zero-order valence-corrected chi connectivity index (χ0v) is 16.7. The van der Waals surface area contributed by atoms with Crippen molar-refractivity contribution in [1.29, 1.82) is 0 Å². The van der Waals surface area contributed by atoms with Crippen LogP contribution in [-0.2, 0) is 4.74 Å². The lowest BCUT2D eigenvalue weighted by Crippen LogP contribution is -2.40. The number of ether oxygens (including phenoxy) is 1. The second-order valence-electron chi connectivity index (χ2n) is 7.34. The topological polar surface area (TPSA) is 41.6 Å². The molecule has 1 saturated heterocycles. The minimum Gasteiger partial charge on any atom is -0.385 e. The molecule has 0 spiro atoms. The molecule has 1 aromatic rings. The summed E-state index contributed by atoms with van der Waals surface area (Å²) in [4.78, 5) is 14.4. The standard InChI is InChI=1S/C22H36N2O2/c1-3-4-5-6-7-8-9-10-13-23-21-12-11-20(18-19(21)2)22(25)24-14-16-26-17-15-24/h11-12,18,23H,3-10,13-17H2,1-2H3. The van der Waals surface area contributed by atoms with Crippen molar-refractivity contribution in [1.82, 2.24) is 4.90 Å². The molecular formula is C22H36N2O2. The highest BCUT2D eigenvalue weighted by molar-refractivity contribution is 5.95. The molecule has 1 fully saturated rings. The smallest absolute Gasteiger partial charge is 0.254 e. The summed E-state index contributed by atoms with van der Waals surface area (Å²) in [7, 11) is 0. The molecule has 0 bridgehead atoms. The molecular weight excluding hydrogens is 324 g/mol. The highest BCUT2D eigenvalue weighted by atomic mass is 16.5. The van der Waals surface area contributed by atoms with Crippen molar-refractivity contribution in [2.75, 3.05) is 38.2 Å². The van der Waals surface area contributed by atoms with Gasteiger partial charge >= 0.3 is 0 Å². The monoisotopic (exact) mass is 360 g/mol. The third-order valence-corrected chi connectivity index (χ3v) is 5.12. The van der Waals surface area contributed by atoms with E-state index in [4.69, 9.17) is 4.74 Å². The molecule has 1 heterocycles. The first-order valence-electron chi connectivity index (χ1n) is 10.4. The number of aryl methyl sites for hydroxylation is 1. The van der Waals surface area contributed by atoms with Gasteiger partial charge in [0.2, 0.25) is 0 Å². The summed E-state index contributed by atoms with van der Waals surface area (Å²) in [5.41, 5.74) is 3.07. The van der Waals surface area contributed by atoms with Gasteiger partial charge in [-0.15, -0.1) is 0 Å². The fourth-order valence-corrected chi connectivity index (χ4v) is 3.43. The predicted molar refractivity (Wildman–Crippen MR) is 109 cm³/mol. The van der Waals surface area contributed by atoms with Gasteiger partial charge in [0.25, 0.3) is 5.91 Å². The summed E-state index contributed by atoms with van der Waals surface area (Å²) in [6.45, 7) is 8.01. The Balaban J connectivity index is 1.68. The number of amides is 1. The maximum atomic E-state index is 12.5. The van der Waals surface area contributed by atoms with E-state index in [1.165, 1.54) is 51.4 Å². The van der Waals surface area contributed by atoms with E-state index in [0.717, 1.165) is 23.4 Å². The Hall–Kier alpha value is -1.55. The first-order chi connectivity index (χ1) is 12.7. The molecule has 0 radical (unpaired) electrons. The van der Waals surface area contributed by atoms with E-state index in [1.807, 2.05) is 23.1 Å². The third kappa shape index (κ3) is 6.99. The second kappa shape index (κ2) is 11.9. The Labute approximate surface area is 159 Å². The molecule has 1 aromatic carbocycles. The van der Waals surface area contributed by atoms with E-state index in [0.29, 0.717) is 26.3 Å². The summed E-state index contributed by atoms with van der Waals surface area (Å²) < 4.78 is 5.32. The molecule has 1 aliphatic heterocycles. The van der Waals surface area contributed by atoms with Crippen molar-refractivity contribution in [3.8, 4) is 0 Å². The van der Waals surface area contributed by atoms with Crippen molar-refractivity contribution in [3.63, 3.8) is 0 Å². The van der Waals surface area contributed by atoms with Gasteiger partial charge in [-0.05, 0) is 37.1 Å². The lowest BCUT2D eigenvalue weighted by molar-refractivity contribution is 0.0303. The van der Waals surface area contributed by atoms with Crippen molar-refractivity contribution in [2.45, 2.75) is 65.2 Å². The van der Waals surface area contributed by atoms with E-state index in [9.17, 15) is 4.79 Å². The number of carbonyl (C=O) groups is 1. The summed E-state index contributed by atoms with van der Waals surface area (Å²) in [5.74, 6) is 0.117. The first kappa shape index (κ1) is 20.8. The van der Waals surface area contributed by atoms with Crippen LogP contribution in [0.15, 0.2) is 18.2 Å². The van der Waals surface area contributed by atoms with Crippen molar-refractivity contribution in [2.24, 2.45) is 0 Å². The van der Waals surface area contributed by atoms with E-state index >= 15 is 0 Å². The summed E-state index contributed by atoms with van der Waals surface area (Å²) in [5, 5.41) is 3.52. The minimum absolute atomic E-state index is 0.117. The normalized spacial score (nSPS) is 14.5. The van der Waals surface area contributed by atoms with Crippen molar-refractivity contribution in [3.05, 3.63) is 29.3 Å². The Morgan fingerprint density at radius 3 is 2.35 bits per heavy atom. The van der Waals surface area contributed by atoms with Crippen LogP contribution in [0.2, 0.25) is 0 Å². The molecule has 4 heteroatoms. The van der Waals surface area contributed by atoms with E-state index in [2.05, 4.69) is 19.2 Å². The van der Waals surface area contributed by atoms with E-state index < -0.39 is 0 Å². The Morgan fingerprint density at radius 1 is 1.04 bits per heavy atom. The number of morpholine rings is 1. The van der Waals surface area contributed by atoms with Crippen molar-refractivity contribution >= 4 is 11.6 Å². The minimum atomic E-state index is 0.117. The van der Waals surface area contributed by atoms with E-state index in [-0.39, 0.29) is 5.91 Å². The first-order valence-corrected chi connectivity index (χ1v) is 10.4. The third-order valence-electron chi connectivity index (χ3n) is 5.12. The SMILES string of the molecule is CCCCCCCCCCNc1ccc(C(=O)N2CCOCC2)cc1C. The molecule has 1 aliphatic rings. The second-order valence-corrected chi connectivity index (χ2v) is 7.34. The summed E-state index contributed by atoms with van der Waals surface area (Å²) in [6.07, 6.45) is 10.7. The lowest BCUT2D eigenvalue weighted by Gasteiger charge is -2.27. The van der Waals surface area contributed by atoms with Gasteiger partial charge in [-0.1, -0.05) is 51.9 Å². The summed E-state index contributed by atoms with van der Waals surface area (Å²) in [6, 6.07) is 6.00. The zero-order chi connectivity index (χ0) is 18.6. The number of unbranched alkanes of at least 4 members (excludes halogenated alkanes) is 7. The van der Waals surface area contributed by atoms with Crippen LogP contribution in [0.4, 0.5) is 5.69 Å². The molecule has 1 amide bonds. The van der Waals surface area contributed by atoms with Crippen LogP contribution in [0, 0.1) is 6.92 Å². The largest absolute Gasteiger partial charge is 0.385 e. The number of benzene rings is 1. The van der Waals surface area contributed by atoms with Gasteiger partial charge in [0, 0.05) is 30.9 Å². The molecule has 0 saturated carbocycles. The fraction of sp³-hybridized carbons (Fsp3) is 0.682. The molecule has 0 atom stereocenters. The molecule has 1 N–H and O–H groups in total. The Bertz CT molecular complexity index is 539. The fourth-order valence-electron chi connectivity index (χ4n) is 3.43. The van der Waals surface area contributed by atoms with Gasteiger partial charge in [0.15, 0.2) is 0 Å². The van der Waals surface area contributed by atoms with Gasteiger partial charge in [0.05, 0.1) is 13.2 Å². The van der Waals surface area contributed by atoms with Gasteiger partial charge in [-0.2, -0.15) is 0 Å². The summed E-state index contributed by atoms with van der Waals surface area (Å²) >= 11 is 0. The zero-order valence-electron chi connectivity index (χ0n) is 16.7. The highest BCUT2D eigenvalue weighted by Crippen LogP contribution is 2.18. The van der Waals surface area contributed by atoms with Gasteiger partial charge in [0.1, 0.15) is 0 Å². The lowest BCUT2D eigenvalue weighted by atomic mass is 10.1. The highest BCUT2D eigenvalue weighted by Gasteiger charge is 2.18. The molecule has 26 heavy (non-hydrogen) atoms. The van der Waals surface area contributed by atoms with Gasteiger partial charge in [-0.25, -0.2) is 0 Å². The average Bonchev–Trinajstić information content (AvgIpc) is 2.68. The Morgan fingerprint density at radius 2 is 1.69 bits per heavy atom. The molecule has 2 rings (SSSR count). The Kier molecular flexibility index (Phi) is 9.54. The van der Waals surface area contributed by atoms with Crippen LogP contribution in [0.3, 0.4) is 0 Å². The van der Waals surface area contributed by atoms with Crippen LogP contribution in [0.25, 0.3) is 0 Å². The molecule has 146 valence electrons. The quantitative estimate of drug-likeness (QED) is 0.563. The number of nitrogens with zero attached hydrogens (tertiary/aromatic N) is 1. The van der Waals surface area contributed by atoms with Crippen LogP contribution >= 0.6 is 0 Å². The van der Waals surface area contributed by atoms with Crippen LogP contribution < -0.4 is 5.32 Å². The number of rotatable bonds is 11. The molecule has 0 aromatic heterocycles. The maximum Gasteiger partial charge on any atom is 0.254 e. The van der Waals surface area contributed by atoms with Gasteiger partial charge < -0.3 is 15.0 Å². The molecule has 0 unspecified atom stereocenters. The van der Waals surface area contributed by atoms with Crippen molar-refractivity contribution < 1.29 is 9.53 Å². The maximum absolute atomic E-state index is 12.5. The van der Waals surface area contributed by atoms with Crippen LogP contribution in [-0.4, -0.2) is 43.7 Å². The molecule has 4 nitrogen and oxygen atoms in total. The number of hydrogen-bond acceptors (Lipinski definition) is 3. The number of nitrogens with one attached hydrogen (secondary N) is 1. The van der Waals surface area contributed by atoms with E-state index in [1.54, 1.807) is 0 Å². The van der Waals surface area contributed by atoms with Crippen LogP contribution in [0.5, 0.6) is 0 Å². The number of anilines is 1. The van der Waals surface area contributed by atoms with Crippen LogP contribution in [0.1, 0.15) is 74.2 Å². The average molecular weight is 361 g/mol. The van der Waals surface area contributed by atoms with Gasteiger partial charge in [-0.3, -0.25) is 4.79 Å². The molecule has 0 aliphatic carbocycles. The predicted octanol–water partition coefficient (Wildman–Crippen LogP) is 5.02. The number of hydrogen-bond donors (Lipinski definition) is 1. The number of carbonyl (C=O) groups excluding carboxylic acids is 1.